The third kappa shape index (κ3) is 5.18. The average molecular weight is 403 g/mol. The molecule has 3 aliphatic heterocycles. The SMILES string of the molecule is CCNC(=NCc1cccnc1N1CCOCC1)N1CCC(N2CCOCC2)C1. The van der Waals surface area contributed by atoms with Crippen molar-refractivity contribution in [3.05, 3.63) is 23.9 Å². The number of aliphatic imine (C=N–C) groups is 1. The number of morpholine rings is 2. The van der Waals surface area contributed by atoms with Gasteiger partial charge in [-0.15, -0.1) is 0 Å². The fraction of sp³-hybridized carbons (Fsp3) is 0.714. The molecule has 3 saturated heterocycles. The molecule has 4 rings (SSSR count). The first kappa shape index (κ1) is 20.4. The van der Waals surface area contributed by atoms with E-state index in [1.165, 1.54) is 12.0 Å². The third-order valence-corrected chi connectivity index (χ3v) is 5.94. The molecule has 3 aliphatic rings. The maximum absolute atomic E-state index is 5.51. The lowest BCUT2D eigenvalue weighted by Gasteiger charge is -2.32. The minimum atomic E-state index is 0.602. The van der Waals surface area contributed by atoms with Crippen molar-refractivity contribution in [3.63, 3.8) is 0 Å². The molecule has 0 saturated carbocycles. The van der Waals surface area contributed by atoms with Crippen LogP contribution in [-0.2, 0) is 16.0 Å². The second-order valence-electron chi connectivity index (χ2n) is 7.79. The summed E-state index contributed by atoms with van der Waals surface area (Å²) in [6.45, 7) is 12.9. The van der Waals surface area contributed by atoms with Gasteiger partial charge in [-0.1, -0.05) is 6.07 Å². The lowest BCUT2D eigenvalue weighted by atomic mass is 10.2. The summed E-state index contributed by atoms with van der Waals surface area (Å²) in [5, 5.41) is 3.50. The van der Waals surface area contributed by atoms with E-state index in [0.29, 0.717) is 12.6 Å². The predicted molar refractivity (Wildman–Crippen MR) is 114 cm³/mol. The molecular weight excluding hydrogens is 368 g/mol. The van der Waals surface area contributed by atoms with Gasteiger partial charge >= 0.3 is 0 Å². The van der Waals surface area contributed by atoms with Gasteiger partial charge in [-0.3, -0.25) is 4.90 Å². The van der Waals surface area contributed by atoms with Gasteiger partial charge in [0.15, 0.2) is 5.96 Å². The molecule has 0 aliphatic carbocycles. The Bertz CT molecular complexity index is 673. The molecule has 8 heteroatoms. The van der Waals surface area contributed by atoms with Crippen molar-refractivity contribution < 1.29 is 9.47 Å². The summed E-state index contributed by atoms with van der Waals surface area (Å²) in [5.74, 6) is 2.06. The van der Waals surface area contributed by atoms with Crippen LogP contribution in [0.5, 0.6) is 0 Å². The Morgan fingerprint density at radius 1 is 1.14 bits per heavy atom. The van der Waals surface area contributed by atoms with Crippen LogP contribution in [0.3, 0.4) is 0 Å². The minimum Gasteiger partial charge on any atom is -0.379 e. The second kappa shape index (κ2) is 10.2. The van der Waals surface area contributed by atoms with Crippen molar-refractivity contribution >= 4 is 11.8 Å². The van der Waals surface area contributed by atoms with Gasteiger partial charge in [0.1, 0.15) is 5.82 Å². The number of ether oxygens (including phenoxy) is 2. The number of pyridine rings is 1. The highest BCUT2D eigenvalue weighted by Crippen LogP contribution is 2.21. The largest absolute Gasteiger partial charge is 0.379 e. The first-order valence-electron chi connectivity index (χ1n) is 11.0. The van der Waals surface area contributed by atoms with Gasteiger partial charge in [0.05, 0.1) is 33.0 Å². The van der Waals surface area contributed by atoms with Gasteiger partial charge < -0.3 is 24.6 Å². The Morgan fingerprint density at radius 2 is 1.90 bits per heavy atom. The maximum Gasteiger partial charge on any atom is 0.194 e. The first-order chi connectivity index (χ1) is 14.3. The zero-order valence-electron chi connectivity index (χ0n) is 17.6. The summed E-state index contributed by atoms with van der Waals surface area (Å²) in [4.78, 5) is 16.9. The second-order valence-corrected chi connectivity index (χ2v) is 7.79. The van der Waals surface area contributed by atoms with Gasteiger partial charge in [-0.05, 0) is 19.4 Å². The minimum absolute atomic E-state index is 0.602. The Morgan fingerprint density at radius 3 is 2.66 bits per heavy atom. The molecular formula is C21H34N6O2. The molecule has 1 atom stereocenters. The number of guanidine groups is 1. The fourth-order valence-corrected chi connectivity index (χ4v) is 4.37. The zero-order valence-corrected chi connectivity index (χ0v) is 17.6. The van der Waals surface area contributed by atoms with Crippen molar-refractivity contribution in [2.45, 2.75) is 25.9 Å². The molecule has 4 heterocycles. The summed E-state index contributed by atoms with van der Waals surface area (Å²) in [6, 6.07) is 4.75. The smallest absolute Gasteiger partial charge is 0.194 e. The molecule has 0 radical (unpaired) electrons. The molecule has 1 unspecified atom stereocenters. The van der Waals surface area contributed by atoms with Gasteiger partial charge in [0.25, 0.3) is 0 Å². The van der Waals surface area contributed by atoms with Gasteiger partial charge in [0.2, 0.25) is 0 Å². The van der Waals surface area contributed by atoms with Crippen LogP contribution in [-0.4, -0.2) is 99.0 Å². The van der Waals surface area contributed by atoms with Crippen LogP contribution in [0.2, 0.25) is 0 Å². The van der Waals surface area contributed by atoms with E-state index in [1.54, 1.807) is 0 Å². The predicted octanol–water partition coefficient (Wildman–Crippen LogP) is 0.790. The Labute approximate surface area is 173 Å². The number of hydrogen-bond donors (Lipinski definition) is 1. The number of hydrogen-bond acceptors (Lipinski definition) is 6. The number of rotatable bonds is 5. The standard InChI is InChI=1S/C21H34N6O2/c1-2-22-21(27-7-5-19(17-27)25-8-12-28-13-9-25)24-16-18-4-3-6-23-20(18)26-10-14-29-15-11-26/h3-4,6,19H,2,5,7-17H2,1H3,(H,22,24). The molecule has 3 fully saturated rings. The molecule has 0 spiro atoms. The van der Waals surface area contributed by atoms with Crippen molar-refractivity contribution in [1.29, 1.82) is 0 Å². The van der Waals surface area contributed by atoms with E-state index >= 15 is 0 Å². The molecule has 0 amide bonds. The first-order valence-corrected chi connectivity index (χ1v) is 11.0. The number of likely N-dealkylation sites (tertiary alicyclic amines) is 1. The lowest BCUT2D eigenvalue weighted by molar-refractivity contribution is 0.0195. The number of aromatic nitrogens is 1. The summed E-state index contributed by atoms with van der Waals surface area (Å²) in [6.07, 6.45) is 3.06. The van der Waals surface area contributed by atoms with Crippen LogP contribution >= 0.6 is 0 Å². The van der Waals surface area contributed by atoms with Crippen molar-refractivity contribution in [1.82, 2.24) is 20.1 Å². The van der Waals surface area contributed by atoms with Crippen LogP contribution in [0.4, 0.5) is 5.82 Å². The van der Waals surface area contributed by atoms with E-state index in [4.69, 9.17) is 14.5 Å². The lowest BCUT2D eigenvalue weighted by Crippen LogP contribution is -2.46. The van der Waals surface area contributed by atoms with E-state index in [9.17, 15) is 0 Å². The van der Waals surface area contributed by atoms with E-state index in [-0.39, 0.29) is 0 Å². The molecule has 0 bridgehead atoms. The number of nitrogens with one attached hydrogen (secondary N) is 1. The van der Waals surface area contributed by atoms with Crippen LogP contribution in [0.1, 0.15) is 18.9 Å². The molecule has 0 aromatic carbocycles. The number of nitrogens with zero attached hydrogens (tertiary/aromatic N) is 5. The molecule has 1 aromatic heterocycles. The molecule has 1 aromatic rings. The monoisotopic (exact) mass is 402 g/mol. The molecule has 29 heavy (non-hydrogen) atoms. The van der Waals surface area contributed by atoms with E-state index in [2.05, 4.69) is 38.0 Å². The van der Waals surface area contributed by atoms with E-state index in [0.717, 1.165) is 84.0 Å². The average Bonchev–Trinajstić information content (AvgIpc) is 3.28. The molecule has 8 nitrogen and oxygen atoms in total. The highest BCUT2D eigenvalue weighted by Gasteiger charge is 2.30. The highest BCUT2D eigenvalue weighted by molar-refractivity contribution is 5.80. The normalized spacial score (nSPS) is 24.2. The van der Waals surface area contributed by atoms with Crippen LogP contribution in [0.25, 0.3) is 0 Å². The maximum atomic E-state index is 5.51. The highest BCUT2D eigenvalue weighted by atomic mass is 16.5. The van der Waals surface area contributed by atoms with Crippen molar-refractivity contribution in [2.75, 3.05) is 77.1 Å². The third-order valence-electron chi connectivity index (χ3n) is 5.94. The van der Waals surface area contributed by atoms with Crippen LogP contribution in [0, 0.1) is 0 Å². The summed E-state index contributed by atoms with van der Waals surface area (Å²) in [7, 11) is 0. The Kier molecular flexibility index (Phi) is 7.18. The van der Waals surface area contributed by atoms with Gasteiger partial charge in [-0.25, -0.2) is 9.98 Å². The fourth-order valence-electron chi connectivity index (χ4n) is 4.37. The summed E-state index contributed by atoms with van der Waals surface area (Å²) < 4.78 is 11.0. The van der Waals surface area contributed by atoms with E-state index < -0.39 is 0 Å². The van der Waals surface area contributed by atoms with E-state index in [1.807, 2.05) is 12.3 Å². The summed E-state index contributed by atoms with van der Waals surface area (Å²) in [5.41, 5.74) is 1.17. The number of anilines is 1. The quantitative estimate of drug-likeness (QED) is 0.577. The Hall–Kier alpha value is -1.90. The van der Waals surface area contributed by atoms with Crippen molar-refractivity contribution in [2.24, 2.45) is 4.99 Å². The van der Waals surface area contributed by atoms with Crippen LogP contribution in [0.15, 0.2) is 23.3 Å². The van der Waals surface area contributed by atoms with Gasteiger partial charge in [-0.2, -0.15) is 0 Å². The van der Waals surface area contributed by atoms with Gasteiger partial charge in [0, 0.05) is 63.6 Å². The zero-order chi connectivity index (χ0) is 19.9. The van der Waals surface area contributed by atoms with Crippen LogP contribution < -0.4 is 10.2 Å². The van der Waals surface area contributed by atoms with Crippen molar-refractivity contribution in [3.8, 4) is 0 Å². The molecule has 1 N–H and O–H groups in total. The summed E-state index contributed by atoms with van der Waals surface area (Å²) >= 11 is 0. The Balaban J connectivity index is 1.43. The molecule has 160 valence electrons. The topological polar surface area (TPSA) is 65.5 Å².